The predicted molar refractivity (Wildman–Crippen MR) is 91.1 cm³/mol. The first kappa shape index (κ1) is 17.9. The first-order valence-corrected chi connectivity index (χ1v) is 9.56. The van der Waals surface area contributed by atoms with E-state index in [1.807, 2.05) is 4.72 Å². The lowest BCUT2D eigenvalue weighted by molar-refractivity contribution is 0.223. The Labute approximate surface area is 150 Å². The van der Waals surface area contributed by atoms with Gasteiger partial charge in [-0.3, -0.25) is 0 Å². The Kier molecular flexibility index (Phi) is 4.70. The van der Waals surface area contributed by atoms with Crippen LogP contribution in [0.1, 0.15) is 24.8 Å². The van der Waals surface area contributed by atoms with Crippen LogP contribution in [0, 0.1) is 18.8 Å². The molecule has 0 radical (unpaired) electrons. The highest BCUT2D eigenvalue weighted by Gasteiger charge is 2.47. The number of carbonyl (C=O) groups is 1. The summed E-state index contributed by atoms with van der Waals surface area (Å²) in [4.78, 5) is 34.7. The van der Waals surface area contributed by atoms with E-state index in [0.29, 0.717) is 12.8 Å². The Morgan fingerprint density at radius 1 is 1.08 bits per heavy atom. The zero-order chi connectivity index (χ0) is 18.9. The molecule has 3 rings (SSSR count). The minimum Gasteiger partial charge on any atom is -0.246 e. The van der Waals surface area contributed by atoms with Gasteiger partial charge >= 0.3 is 6.03 Å². The fraction of sp³-hybridized carbons (Fsp3) is 0.353. The van der Waals surface area contributed by atoms with E-state index in [9.17, 15) is 22.8 Å². The zero-order valence-electron chi connectivity index (χ0n) is 14.0. The van der Waals surface area contributed by atoms with Crippen LogP contribution in [0.15, 0.2) is 40.6 Å². The summed E-state index contributed by atoms with van der Waals surface area (Å²) in [7, 11) is -4.09. The van der Waals surface area contributed by atoms with Crippen LogP contribution < -0.4 is 10.1 Å². The average Bonchev–Trinajstić information content (AvgIpc) is 3.14. The molecular formula is C17H17N3O5S. The van der Waals surface area contributed by atoms with Crippen LogP contribution >= 0.6 is 0 Å². The van der Waals surface area contributed by atoms with Crippen molar-refractivity contribution in [2.45, 2.75) is 31.1 Å². The fourth-order valence-electron chi connectivity index (χ4n) is 3.46. The Bertz CT molecular complexity index is 909. The van der Waals surface area contributed by atoms with Crippen molar-refractivity contribution < 1.29 is 22.8 Å². The quantitative estimate of drug-likeness (QED) is 0.764. The molecule has 136 valence electrons. The molecule has 2 fully saturated rings. The highest BCUT2D eigenvalue weighted by Crippen LogP contribution is 2.47. The van der Waals surface area contributed by atoms with Crippen LogP contribution in [0.3, 0.4) is 0 Å². The second-order valence-corrected chi connectivity index (χ2v) is 8.00. The number of nitrogens with zero attached hydrogens (tertiary/aromatic N) is 1. The van der Waals surface area contributed by atoms with Crippen molar-refractivity contribution in [3.63, 3.8) is 0 Å². The number of amides is 2. The van der Waals surface area contributed by atoms with E-state index in [1.54, 1.807) is 30.9 Å². The van der Waals surface area contributed by atoms with Crippen LogP contribution in [0.25, 0.3) is 0 Å². The van der Waals surface area contributed by atoms with Crippen molar-refractivity contribution in [2.75, 3.05) is 0 Å². The van der Waals surface area contributed by atoms with Crippen LogP contribution in [0.4, 0.5) is 4.79 Å². The number of benzene rings is 1. The molecule has 1 aliphatic heterocycles. The van der Waals surface area contributed by atoms with Crippen molar-refractivity contribution in [2.24, 2.45) is 11.8 Å². The van der Waals surface area contributed by atoms with E-state index in [0.717, 1.165) is 17.0 Å². The Balaban J connectivity index is 1.78. The SMILES string of the molecule is Cc1ccc(S(=O)(=O)NC(=O)NN2C(=C=O)C3CCCC3C2=C=O)cc1. The van der Waals surface area contributed by atoms with Gasteiger partial charge in [0.25, 0.3) is 10.0 Å². The molecule has 2 N–H and O–H groups in total. The zero-order valence-corrected chi connectivity index (χ0v) is 14.8. The average molecular weight is 375 g/mol. The molecule has 1 aromatic carbocycles. The van der Waals surface area contributed by atoms with Gasteiger partial charge in [-0.05, 0) is 31.9 Å². The number of hydrogen-bond donors (Lipinski definition) is 2. The maximum absolute atomic E-state index is 12.3. The number of carbonyl (C=O) groups excluding carboxylic acids is 3. The minimum atomic E-state index is -4.09. The summed E-state index contributed by atoms with van der Waals surface area (Å²) in [6.45, 7) is 1.81. The molecule has 0 bridgehead atoms. The van der Waals surface area contributed by atoms with E-state index < -0.39 is 16.1 Å². The van der Waals surface area contributed by atoms with Gasteiger partial charge in [-0.25, -0.2) is 38.0 Å². The van der Waals surface area contributed by atoms with E-state index in [2.05, 4.69) is 5.43 Å². The summed E-state index contributed by atoms with van der Waals surface area (Å²) in [6.07, 6.45) is 2.25. The van der Waals surface area contributed by atoms with Gasteiger partial charge in [0.05, 0.1) is 4.90 Å². The van der Waals surface area contributed by atoms with E-state index >= 15 is 0 Å². The van der Waals surface area contributed by atoms with Gasteiger partial charge in [-0.1, -0.05) is 24.1 Å². The summed E-state index contributed by atoms with van der Waals surface area (Å²) in [5.41, 5.74) is 3.36. The summed E-state index contributed by atoms with van der Waals surface area (Å²) >= 11 is 0. The second-order valence-electron chi connectivity index (χ2n) is 6.31. The number of hydrazine groups is 1. The molecular weight excluding hydrogens is 358 g/mol. The molecule has 1 aromatic rings. The van der Waals surface area contributed by atoms with Crippen molar-refractivity contribution in [1.29, 1.82) is 0 Å². The number of sulfonamides is 1. The van der Waals surface area contributed by atoms with Crippen molar-refractivity contribution in [3.05, 3.63) is 41.2 Å². The molecule has 0 aromatic heterocycles. The van der Waals surface area contributed by atoms with Crippen LogP contribution in [-0.4, -0.2) is 31.3 Å². The highest BCUT2D eigenvalue weighted by atomic mass is 32.2. The third-order valence-corrected chi connectivity index (χ3v) is 6.03. The normalized spacial score (nSPS) is 21.8. The smallest absolute Gasteiger partial charge is 0.246 e. The fourth-order valence-corrected chi connectivity index (χ4v) is 4.36. The summed E-state index contributed by atoms with van der Waals surface area (Å²) in [5.74, 6) is 3.09. The number of rotatable bonds is 3. The Hall–Kier alpha value is -2.86. The number of aryl methyl sites for hydroxylation is 1. The maximum Gasteiger partial charge on any atom is 0.347 e. The van der Waals surface area contributed by atoms with Gasteiger partial charge in [0, 0.05) is 11.8 Å². The van der Waals surface area contributed by atoms with Gasteiger partial charge in [-0.2, -0.15) is 0 Å². The standard InChI is InChI=1S/C17H17N3O5S/c1-11-5-7-12(8-6-11)26(24,25)19-17(23)18-20-15(9-21)13-3-2-4-14(13)16(20)10-22/h5-8,13-14H,2-4H2,1H3,(H2,18,19,23). The van der Waals surface area contributed by atoms with Gasteiger partial charge in [0.2, 0.25) is 0 Å². The number of fused-ring (bicyclic) bond motifs is 1. The topological polar surface area (TPSA) is 113 Å². The first-order chi connectivity index (χ1) is 12.4. The molecule has 1 heterocycles. The molecule has 2 atom stereocenters. The number of allylic oxidation sites excluding steroid dienone is 2. The van der Waals surface area contributed by atoms with E-state index in [4.69, 9.17) is 0 Å². The van der Waals surface area contributed by atoms with E-state index in [-0.39, 0.29) is 28.1 Å². The number of hydrogen-bond acceptors (Lipinski definition) is 6. The van der Waals surface area contributed by atoms with Crippen LogP contribution in [-0.2, 0) is 19.6 Å². The molecule has 8 nitrogen and oxygen atoms in total. The number of nitrogens with one attached hydrogen (secondary N) is 2. The lowest BCUT2D eigenvalue weighted by Gasteiger charge is -2.20. The minimum absolute atomic E-state index is 0.0751. The lowest BCUT2D eigenvalue weighted by Crippen LogP contribution is -2.47. The monoisotopic (exact) mass is 375 g/mol. The van der Waals surface area contributed by atoms with E-state index in [1.165, 1.54) is 12.1 Å². The molecule has 2 amide bonds. The molecule has 1 aliphatic carbocycles. The third-order valence-electron chi connectivity index (χ3n) is 4.68. The molecule has 1 saturated carbocycles. The molecule has 0 spiro atoms. The van der Waals surface area contributed by atoms with Gasteiger partial charge in [-0.15, -0.1) is 0 Å². The summed E-state index contributed by atoms with van der Waals surface area (Å²) in [6, 6.07) is 4.88. The van der Waals surface area contributed by atoms with Crippen molar-refractivity contribution in [1.82, 2.24) is 15.2 Å². The summed E-state index contributed by atoms with van der Waals surface area (Å²) in [5, 5.41) is 1.01. The van der Waals surface area contributed by atoms with Crippen LogP contribution in [0.2, 0.25) is 0 Å². The maximum atomic E-state index is 12.3. The van der Waals surface area contributed by atoms with Gasteiger partial charge in [0.15, 0.2) is 0 Å². The first-order valence-electron chi connectivity index (χ1n) is 8.07. The van der Waals surface area contributed by atoms with Crippen molar-refractivity contribution >= 4 is 27.9 Å². The molecule has 2 aliphatic rings. The largest absolute Gasteiger partial charge is 0.347 e. The number of urea groups is 1. The van der Waals surface area contributed by atoms with Crippen molar-refractivity contribution in [3.8, 4) is 0 Å². The van der Waals surface area contributed by atoms with Gasteiger partial charge in [0.1, 0.15) is 23.3 Å². The highest BCUT2D eigenvalue weighted by molar-refractivity contribution is 7.90. The Morgan fingerprint density at radius 3 is 2.12 bits per heavy atom. The predicted octanol–water partition coefficient (Wildman–Crippen LogP) is 1.06. The molecule has 9 heteroatoms. The molecule has 26 heavy (non-hydrogen) atoms. The van der Waals surface area contributed by atoms with Crippen LogP contribution in [0.5, 0.6) is 0 Å². The molecule has 2 unspecified atom stereocenters. The summed E-state index contributed by atoms with van der Waals surface area (Å²) < 4.78 is 26.4. The molecule has 1 saturated heterocycles. The third kappa shape index (κ3) is 3.15. The lowest BCUT2D eigenvalue weighted by atomic mass is 9.97. The second kappa shape index (κ2) is 6.80. The Morgan fingerprint density at radius 2 is 1.62 bits per heavy atom. The van der Waals surface area contributed by atoms with Gasteiger partial charge < -0.3 is 0 Å².